The molecule has 0 unspecified atom stereocenters. The van der Waals surface area contributed by atoms with Gasteiger partial charge in [-0.05, 0) is 74.9 Å². The highest BCUT2D eigenvalue weighted by Crippen LogP contribution is 2.17. The lowest BCUT2D eigenvalue weighted by atomic mass is 10.1. The van der Waals surface area contributed by atoms with Crippen molar-refractivity contribution in [2.24, 2.45) is 5.10 Å². The molecule has 26 heavy (non-hydrogen) atoms. The van der Waals surface area contributed by atoms with Gasteiger partial charge >= 0.3 is 0 Å². The van der Waals surface area contributed by atoms with Gasteiger partial charge in [-0.15, -0.1) is 0 Å². The van der Waals surface area contributed by atoms with E-state index in [1.165, 1.54) is 11.4 Å². The molecule has 5 heteroatoms. The van der Waals surface area contributed by atoms with E-state index in [4.69, 9.17) is 0 Å². The molecule has 132 valence electrons. The highest BCUT2D eigenvalue weighted by molar-refractivity contribution is 9.10. The van der Waals surface area contributed by atoms with Crippen molar-refractivity contribution >= 4 is 27.5 Å². The number of carbonyl (C=O) groups is 1. The number of amides is 1. The lowest BCUT2D eigenvalue weighted by Gasteiger charge is -2.10. The monoisotopic (exact) mass is 409 g/mol. The number of aromatic nitrogens is 1. The molecule has 0 fully saturated rings. The van der Waals surface area contributed by atoms with Gasteiger partial charge in [-0.25, -0.2) is 5.43 Å². The first-order valence-corrected chi connectivity index (χ1v) is 9.11. The van der Waals surface area contributed by atoms with Crippen molar-refractivity contribution in [1.29, 1.82) is 0 Å². The molecule has 0 bridgehead atoms. The molecule has 3 aromatic rings. The molecule has 0 aliphatic heterocycles. The van der Waals surface area contributed by atoms with Gasteiger partial charge in [-0.3, -0.25) is 4.79 Å². The molecule has 2 aromatic carbocycles. The summed E-state index contributed by atoms with van der Waals surface area (Å²) >= 11 is 3.36. The minimum absolute atomic E-state index is 0.230. The Morgan fingerprint density at radius 3 is 2.00 bits per heavy atom. The Balaban J connectivity index is 1.73. The smallest absolute Gasteiger partial charge is 0.271 e. The summed E-state index contributed by atoms with van der Waals surface area (Å²) in [6.45, 7) is 6.06. The van der Waals surface area contributed by atoms with Crippen LogP contribution in [0.4, 0.5) is 0 Å². The Hall–Kier alpha value is -2.66. The van der Waals surface area contributed by atoms with Crippen LogP contribution in [0.25, 0.3) is 5.69 Å². The molecule has 1 heterocycles. The number of hydrazone groups is 1. The third-order valence-electron chi connectivity index (χ3n) is 4.25. The number of hydrogen-bond donors (Lipinski definition) is 1. The fraction of sp³-hybridized carbons (Fsp3) is 0.143. The zero-order valence-electron chi connectivity index (χ0n) is 15.0. The van der Waals surface area contributed by atoms with E-state index < -0.39 is 0 Å². The molecule has 1 aromatic heterocycles. The third kappa shape index (κ3) is 3.94. The molecule has 0 spiro atoms. The molecule has 0 aliphatic rings. The van der Waals surface area contributed by atoms with Crippen molar-refractivity contribution in [3.63, 3.8) is 0 Å². The van der Waals surface area contributed by atoms with Crippen LogP contribution >= 0.6 is 15.9 Å². The van der Waals surface area contributed by atoms with E-state index in [0.717, 1.165) is 21.4 Å². The first-order valence-electron chi connectivity index (χ1n) is 8.31. The molecule has 0 atom stereocenters. The zero-order chi connectivity index (χ0) is 18.7. The second kappa shape index (κ2) is 7.70. The number of hydrogen-bond acceptors (Lipinski definition) is 2. The van der Waals surface area contributed by atoms with Gasteiger partial charge in [0.25, 0.3) is 5.91 Å². The summed E-state index contributed by atoms with van der Waals surface area (Å²) in [6, 6.07) is 19.5. The van der Waals surface area contributed by atoms with E-state index >= 15 is 0 Å². The molecule has 3 rings (SSSR count). The Bertz CT molecular complexity index is 934. The second-order valence-electron chi connectivity index (χ2n) is 6.14. The van der Waals surface area contributed by atoms with Gasteiger partial charge in [0.05, 0.1) is 5.71 Å². The molecule has 1 amide bonds. The second-order valence-corrected chi connectivity index (χ2v) is 7.06. The van der Waals surface area contributed by atoms with E-state index in [-0.39, 0.29) is 5.91 Å². The normalized spacial score (nSPS) is 11.5. The Morgan fingerprint density at radius 2 is 1.42 bits per heavy atom. The SMILES string of the molecule is C/C(=N\NC(=O)c1ccc(Br)cc1)c1ccc(-n2c(C)ccc2C)cc1. The van der Waals surface area contributed by atoms with Crippen molar-refractivity contribution in [1.82, 2.24) is 9.99 Å². The summed E-state index contributed by atoms with van der Waals surface area (Å²) in [5.74, 6) is -0.230. The van der Waals surface area contributed by atoms with E-state index in [0.29, 0.717) is 5.56 Å². The predicted octanol–water partition coefficient (Wildman–Crippen LogP) is 5.01. The van der Waals surface area contributed by atoms with Crippen molar-refractivity contribution in [2.75, 3.05) is 0 Å². The van der Waals surface area contributed by atoms with Gasteiger partial charge in [0.1, 0.15) is 0 Å². The van der Waals surface area contributed by atoms with Crippen LogP contribution in [-0.4, -0.2) is 16.2 Å². The quantitative estimate of drug-likeness (QED) is 0.477. The molecular formula is C21H20BrN3O. The Morgan fingerprint density at radius 1 is 0.885 bits per heavy atom. The van der Waals surface area contributed by atoms with E-state index in [1.807, 2.05) is 31.2 Å². The number of aryl methyl sites for hydroxylation is 2. The number of benzene rings is 2. The highest BCUT2D eigenvalue weighted by atomic mass is 79.9. The van der Waals surface area contributed by atoms with Gasteiger partial charge in [-0.1, -0.05) is 28.1 Å². The number of halogens is 1. The van der Waals surface area contributed by atoms with Gasteiger partial charge < -0.3 is 4.57 Å². The molecular weight excluding hydrogens is 390 g/mol. The first kappa shape index (κ1) is 18.1. The number of carbonyl (C=O) groups excluding carboxylic acids is 1. The topological polar surface area (TPSA) is 46.4 Å². The van der Waals surface area contributed by atoms with Crippen LogP contribution in [0.2, 0.25) is 0 Å². The summed E-state index contributed by atoms with van der Waals surface area (Å²) in [5, 5.41) is 4.22. The van der Waals surface area contributed by atoms with Crippen LogP contribution in [0, 0.1) is 13.8 Å². The van der Waals surface area contributed by atoms with E-state index in [1.54, 1.807) is 12.1 Å². The molecule has 0 saturated heterocycles. The summed E-state index contributed by atoms with van der Waals surface area (Å²) in [4.78, 5) is 12.1. The van der Waals surface area contributed by atoms with Gasteiger partial charge in [-0.2, -0.15) is 5.10 Å². The van der Waals surface area contributed by atoms with Gasteiger partial charge in [0, 0.05) is 27.1 Å². The molecule has 1 N–H and O–H groups in total. The average Bonchev–Trinajstić information content (AvgIpc) is 2.98. The maximum atomic E-state index is 12.1. The predicted molar refractivity (Wildman–Crippen MR) is 109 cm³/mol. The Labute approximate surface area is 161 Å². The maximum Gasteiger partial charge on any atom is 0.271 e. The van der Waals surface area contributed by atoms with Crippen LogP contribution in [0.15, 0.2) is 70.2 Å². The van der Waals surface area contributed by atoms with Gasteiger partial charge in [0.15, 0.2) is 0 Å². The summed E-state index contributed by atoms with van der Waals surface area (Å²) in [7, 11) is 0. The third-order valence-corrected chi connectivity index (χ3v) is 4.77. The van der Waals surface area contributed by atoms with Crippen molar-refractivity contribution in [3.05, 3.63) is 87.7 Å². The fourth-order valence-electron chi connectivity index (χ4n) is 2.79. The largest absolute Gasteiger partial charge is 0.319 e. The minimum atomic E-state index is -0.230. The van der Waals surface area contributed by atoms with Crippen LogP contribution in [-0.2, 0) is 0 Å². The zero-order valence-corrected chi connectivity index (χ0v) is 16.5. The van der Waals surface area contributed by atoms with Crippen molar-refractivity contribution in [2.45, 2.75) is 20.8 Å². The minimum Gasteiger partial charge on any atom is -0.319 e. The molecule has 0 aliphatic carbocycles. The van der Waals surface area contributed by atoms with Gasteiger partial charge in [0.2, 0.25) is 0 Å². The molecule has 4 nitrogen and oxygen atoms in total. The maximum absolute atomic E-state index is 12.1. The van der Waals surface area contributed by atoms with Crippen molar-refractivity contribution in [3.8, 4) is 5.69 Å². The molecule has 0 saturated carbocycles. The standard InChI is InChI=1S/C21H20BrN3O/c1-14-4-5-15(2)25(14)20-12-8-17(9-13-20)16(3)23-24-21(26)18-6-10-19(22)11-7-18/h4-13H,1-3H3,(H,24,26)/b23-16+. The van der Waals surface area contributed by atoms with Crippen LogP contribution < -0.4 is 5.43 Å². The first-order chi connectivity index (χ1) is 12.5. The lowest BCUT2D eigenvalue weighted by Crippen LogP contribution is -2.19. The Kier molecular flexibility index (Phi) is 5.38. The summed E-state index contributed by atoms with van der Waals surface area (Å²) in [5.41, 5.74) is 8.40. The fourth-order valence-corrected chi connectivity index (χ4v) is 3.06. The summed E-state index contributed by atoms with van der Waals surface area (Å²) in [6.07, 6.45) is 0. The summed E-state index contributed by atoms with van der Waals surface area (Å²) < 4.78 is 3.13. The number of nitrogens with zero attached hydrogens (tertiary/aromatic N) is 2. The van der Waals surface area contributed by atoms with Crippen LogP contribution in [0.1, 0.15) is 34.2 Å². The number of nitrogens with one attached hydrogen (secondary N) is 1. The molecule has 0 radical (unpaired) electrons. The van der Waals surface area contributed by atoms with Crippen LogP contribution in [0.3, 0.4) is 0 Å². The lowest BCUT2D eigenvalue weighted by molar-refractivity contribution is 0.0955. The van der Waals surface area contributed by atoms with E-state index in [9.17, 15) is 4.79 Å². The van der Waals surface area contributed by atoms with Crippen LogP contribution in [0.5, 0.6) is 0 Å². The highest BCUT2D eigenvalue weighted by Gasteiger charge is 2.06. The van der Waals surface area contributed by atoms with E-state index in [2.05, 4.69) is 69.1 Å². The van der Waals surface area contributed by atoms with Crippen molar-refractivity contribution < 1.29 is 4.79 Å². The number of rotatable bonds is 4. The average molecular weight is 410 g/mol.